The van der Waals surface area contributed by atoms with Gasteiger partial charge in [0.05, 0.1) is 5.69 Å². The predicted molar refractivity (Wildman–Crippen MR) is 113 cm³/mol. The second kappa shape index (κ2) is 8.74. The van der Waals surface area contributed by atoms with E-state index in [0.717, 1.165) is 31.6 Å². The maximum atomic E-state index is 12.9. The van der Waals surface area contributed by atoms with Crippen LogP contribution in [0.5, 0.6) is 0 Å². The van der Waals surface area contributed by atoms with Crippen LogP contribution >= 0.6 is 0 Å². The molecule has 150 valence electrons. The third kappa shape index (κ3) is 4.90. The van der Waals surface area contributed by atoms with Crippen LogP contribution in [0.1, 0.15) is 58.6 Å². The van der Waals surface area contributed by atoms with E-state index in [1.54, 1.807) is 0 Å². The lowest BCUT2D eigenvalue weighted by atomic mass is 10.1. The van der Waals surface area contributed by atoms with Crippen molar-refractivity contribution in [2.24, 2.45) is 0 Å². The Hall–Kier alpha value is -2.40. The maximum absolute atomic E-state index is 12.9. The molecule has 3 rings (SSSR count). The molecule has 1 fully saturated rings. The quantitative estimate of drug-likeness (QED) is 0.666. The average Bonchev–Trinajstić information content (AvgIpc) is 3.11. The third-order valence-electron chi connectivity index (χ3n) is 4.85. The van der Waals surface area contributed by atoms with E-state index < -0.39 is 11.7 Å². The van der Waals surface area contributed by atoms with E-state index in [0.29, 0.717) is 11.9 Å². The summed E-state index contributed by atoms with van der Waals surface area (Å²) >= 11 is 0. The topological polar surface area (TPSA) is 45.7 Å². The van der Waals surface area contributed by atoms with Crippen LogP contribution in [0, 0.1) is 0 Å². The molecule has 0 aliphatic carbocycles. The number of anilines is 2. The molecule has 1 aromatic carbocycles. The molecule has 2 aromatic rings. The van der Waals surface area contributed by atoms with Crippen LogP contribution < -0.4 is 4.90 Å². The van der Waals surface area contributed by atoms with Crippen molar-refractivity contribution in [1.29, 1.82) is 0 Å². The van der Waals surface area contributed by atoms with Gasteiger partial charge in [0.2, 0.25) is 0 Å². The summed E-state index contributed by atoms with van der Waals surface area (Å²) in [5, 5.41) is 0. The highest BCUT2D eigenvalue weighted by atomic mass is 16.6. The molecule has 1 aromatic heterocycles. The summed E-state index contributed by atoms with van der Waals surface area (Å²) in [6.07, 6.45) is 5.03. The van der Waals surface area contributed by atoms with Crippen LogP contribution in [0.15, 0.2) is 48.7 Å². The van der Waals surface area contributed by atoms with E-state index in [2.05, 4.69) is 22.9 Å². The highest BCUT2D eigenvalue weighted by molar-refractivity contribution is 5.95. The largest absolute Gasteiger partial charge is 0.443 e. The van der Waals surface area contributed by atoms with Crippen LogP contribution in [-0.2, 0) is 4.74 Å². The molecular weight excluding hydrogens is 350 g/mol. The second-order valence-corrected chi connectivity index (χ2v) is 8.30. The zero-order chi connectivity index (χ0) is 20.1. The number of para-hydroxylation sites is 1. The molecule has 0 unspecified atom stereocenters. The molecule has 1 aliphatic heterocycles. The number of ether oxygens (including phenoxy) is 1. The van der Waals surface area contributed by atoms with Crippen LogP contribution in [0.2, 0.25) is 0 Å². The van der Waals surface area contributed by atoms with Crippen molar-refractivity contribution < 1.29 is 9.53 Å². The summed E-state index contributed by atoms with van der Waals surface area (Å²) in [5.74, 6) is 0.573. The monoisotopic (exact) mass is 381 g/mol. The minimum absolute atomic E-state index is 0.424. The smallest absolute Gasteiger partial charge is 0.420 e. The van der Waals surface area contributed by atoms with Gasteiger partial charge in [-0.3, -0.25) is 4.90 Å². The molecular formula is C23H31N3O2. The molecule has 5 nitrogen and oxygen atoms in total. The summed E-state index contributed by atoms with van der Waals surface area (Å²) < 4.78 is 5.63. The van der Waals surface area contributed by atoms with Gasteiger partial charge in [0.25, 0.3) is 0 Å². The Labute approximate surface area is 168 Å². The van der Waals surface area contributed by atoms with Gasteiger partial charge < -0.3 is 4.74 Å². The van der Waals surface area contributed by atoms with Crippen molar-refractivity contribution in [2.75, 3.05) is 18.0 Å². The van der Waals surface area contributed by atoms with Gasteiger partial charge in [-0.15, -0.1) is 0 Å². The van der Waals surface area contributed by atoms with E-state index in [9.17, 15) is 4.79 Å². The van der Waals surface area contributed by atoms with E-state index in [-0.39, 0.29) is 0 Å². The lowest BCUT2D eigenvalue weighted by molar-refractivity contribution is 0.0598. The van der Waals surface area contributed by atoms with Crippen molar-refractivity contribution in [2.45, 2.75) is 58.6 Å². The normalized spacial score (nSPS) is 17.5. The van der Waals surface area contributed by atoms with Gasteiger partial charge in [-0.2, -0.15) is 0 Å². The highest BCUT2D eigenvalue weighted by Crippen LogP contribution is 2.33. The van der Waals surface area contributed by atoms with Crippen LogP contribution in [0.3, 0.4) is 0 Å². The SMILES string of the molecule is CCCN1CCC[C@H]1c1ccc(N(C(=O)OC(C)(C)C)c2ccccc2)nc1. The number of likely N-dealkylation sites (tertiary alicyclic amines) is 1. The second-order valence-electron chi connectivity index (χ2n) is 8.30. The molecule has 0 N–H and O–H groups in total. The fraction of sp³-hybridized carbons (Fsp3) is 0.478. The predicted octanol–water partition coefficient (Wildman–Crippen LogP) is 5.70. The molecule has 0 bridgehead atoms. The van der Waals surface area contributed by atoms with Gasteiger partial charge in [0.15, 0.2) is 0 Å². The fourth-order valence-corrected chi connectivity index (χ4v) is 3.70. The first kappa shape index (κ1) is 20.3. The number of hydrogen-bond acceptors (Lipinski definition) is 4. The van der Waals surface area contributed by atoms with Crippen LogP contribution in [-0.4, -0.2) is 34.7 Å². The van der Waals surface area contributed by atoms with E-state index in [4.69, 9.17) is 4.74 Å². The van der Waals surface area contributed by atoms with Gasteiger partial charge in [-0.05, 0) is 76.9 Å². The minimum atomic E-state index is -0.575. The van der Waals surface area contributed by atoms with Gasteiger partial charge >= 0.3 is 6.09 Å². The summed E-state index contributed by atoms with van der Waals surface area (Å²) in [5.41, 5.74) is 1.38. The lowest BCUT2D eigenvalue weighted by Crippen LogP contribution is -2.34. The van der Waals surface area contributed by atoms with Crippen molar-refractivity contribution in [3.8, 4) is 0 Å². The Bertz CT molecular complexity index is 769. The Morgan fingerprint density at radius 3 is 2.57 bits per heavy atom. The zero-order valence-electron chi connectivity index (χ0n) is 17.4. The third-order valence-corrected chi connectivity index (χ3v) is 4.85. The zero-order valence-corrected chi connectivity index (χ0v) is 17.4. The Balaban J connectivity index is 1.87. The van der Waals surface area contributed by atoms with Gasteiger partial charge in [0, 0.05) is 12.2 Å². The number of carbonyl (C=O) groups is 1. The van der Waals surface area contributed by atoms with Crippen molar-refractivity contribution in [3.05, 3.63) is 54.2 Å². The number of pyridine rings is 1. The molecule has 5 heteroatoms. The first-order chi connectivity index (χ1) is 13.4. The van der Waals surface area contributed by atoms with Crippen LogP contribution in [0.4, 0.5) is 16.3 Å². The lowest BCUT2D eigenvalue weighted by Gasteiger charge is -2.27. The first-order valence-corrected chi connectivity index (χ1v) is 10.2. The van der Waals surface area contributed by atoms with Crippen molar-refractivity contribution in [3.63, 3.8) is 0 Å². The molecule has 28 heavy (non-hydrogen) atoms. The molecule has 1 amide bonds. The minimum Gasteiger partial charge on any atom is -0.443 e. The molecule has 0 saturated carbocycles. The summed E-state index contributed by atoms with van der Waals surface area (Å²) in [6, 6.07) is 14.0. The van der Waals surface area contributed by atoms with Gasteiger partial charge in [-0.25, -0.2) is 14.7 Å². The number of nitrogens with zero attached hydrogens (tertiary/aromatic N) is 3. The number of aromatic nitrogens is 1. The maximum Gasteiger partial charge on any atom is 0.420 e. The number of hydrogen-bond donors (Lipinski definition) is 0. The van der Waals surface area contributed by atoms with Gasteiger partial charge in [0.1, 0.15) is 11.4 Å². The Kier molecular flexibility index (Phi) is 6.35. The first-order valence-electron chi connectivity index (χ1n) is 10.2. The summed E-state index contributed by atoms with van der Waals surface area (Å²) in [6.45, 7) is 10.1. The highest BCUT2D eigenvalue weighted by Gasteiger charge is 2.28. The van der Waals surface area contributed by atoms with Gasteiger partial charge in [-0.1, -0.05) is 31.2 Å². The number of rotatable bonds is 5. The Morgan fingerprint density at radius 1 is 1.21 bits per heavy atom. The van der Waals surface area contributed by atoms with E-state index >= 15 is 0 Å². The Morgan fingerprint density at radius 2 is 1.96 bits per heavy atom. The molecule has 1 saturated heterocycles. The molecule has 2 heterocycles. The van der Waals surface area contributed by atoms with Crippen LogP contribution in [0.25, 0.3) is 0 Å². The summed E-state index contributed by atoms with van der Waals surface area (Å²) in [7, 11) is 0. The van der Waals surface area contributed by atoms with E-state index in [1.165, 1.54) is 16.9 Å². The number of amides is 1. The standard InChI is InChI=1S/C23H31N3O2/c1-5-15-25-16-9-12-20(25)18-13-14-21(24-17-18)26(19-10-7-6-8-11-19)22(27)28-23(2,3)4/h6-8,10-11,13-14,17,20H,5,9,12,15-16H2,1-4H3/t20-/m0/s1. The molecule has 0 spiro atoms. The van der Waals surface area contributed by atoms with E-state index in [1.807, 2.05) is 63.4 Å². The van der Waals surface area contributed by atoms with Crippen molar-refractivity contribution >= 4 is 17.6 Å². The molecule has 1 atom stereocenters. The number of benzene rings is 1. The summed E-state index contributed by atoms with van der Waals surface area (Å²) in [4.78, 5) is 21.6. The molecule has 0 radical (unpaired) electrons. The fourth-order valence-electron chi connectivity index (χ4n) is 3.70. The average molecular weight is 382 g/mol. The number of carbonyl (C=O) groups excluding carboxylic acids is 1. The van der Waals surface area contributed by atoms with Crippen molar-refractivity contribution in [1.82, 2.24) is 9.88 Å². The molecule has 1 aliphatic rings.